The van der Waals surface area contributed by atoms with E-state index in [1.54, 1.807) is 30.6 Å². The van der Waals surface area contributed by atoms with Gasteiger partial charge in [-0.15, -0.1) is 0 Å². The lowest BCUT2D eigenvalue weighted by Gasteiger charge is -2.08. The van der Waals surface area contributed by atoms with Gasteiger partial charge in [0.2, 0.25) is 0 Å². The Morgan fingerprint density at radius 1 is 1.00 bits per heavy atom. The number of amidine groups is 1. The van der Waals surface area contributed by atoms with Crippen LogP contribution < -0.4 is 15.2 Å². The molecule has 9 heteroatoms. The lowest BCUT2D eigenvalue weighted by molar-refractivity contribution is 0.127. The fourth-order valence-electron chi connectivity index (χ4n) is 2.66. The van der Waals surface area contributed by atoms with Gasteiger partial charge in [-0.25, -0.2) is 8.42 Å². The standard InChI is InChI=1S/C23H25N3O5S/c1-32(27,28)22-10-8-20(9-11-22)29-13-4-14-31-26-23(24)19-6-2-7-21(15-19)30-17-18-5-3-12-25-16-18/h2-3,5-12,15-16H,4,13-14,17H2,1H3,(H2,24,26). The molecule has 0 saturated heterocycles. The SMILES string of the molecule is CS(=O)(=O)c1ccc(OCCCO/N=C(/N)c2cccc(OCc3cccnc3)c2)cc1. The largest absolute Gasteiger partial charge is 0.493 e. The fraction of sp³-hybridized carbons (Fsp3) is 0.217. The highest BCUT2D eigenvalue weighted by Gasteiger charge is 2.06. The Kier molecular flexibility index (Phi) is 8.04. The van der Waals surface area contributed by atoms with Gasteiger partial charge in [0.15, 0.2) is 15.7 Å². The van der Waals surface area contributed by atoms with E-state index < -0.39 is 9.84 Å². The number of aromatic nitrogens is 1. The molecule has 8 nitrogen and oxygen atoms in total. The van der Waals surface area contributed by atoms with Crippen LogP contribution in [-0.4, -0.2) is 38.7 Å². The number of nitrogens with zero attached hydrogens (tertiary/aromatic N) is 2. The third-order valence-corrected chi connectivity index (χ3v) is 5.45. The second-order valence-corrected chi connectivity index (χ2v) is 8.95. The van der Waals surface area contributed by atoms with Gasteiger partial charge in [-0.05, 0) is 42.5 Å². The van der Waals surface area contributed by atoms with Crippen molar-refractivity contribution in [3.05, 3.63) is 84.2 Å². The van der Waals surface area contributed by atoms with Gasteiger partial charge in [0.05, 0.1) is 11.5 Å². The number of hydrogen-bond donors (Lipinski definition) is 1. The maximum absolute atomic E-state index is 11.5. The summed E-state index contributed by atoms with van der Waals surface area (Å²) >= 11 is 0. The van der Waals surface area contributed by atoms with E-state index in [9.17, 15) is 8.42 Å². The number of hydrogen-bond acceptors (Lipinski definition) is 7. The van der Waals surface area contributed by atoms with Gasteiger partial charge < -0.3 is 20.0 Å². The number of rotatable bonds is 11. The van der Waals surface area contributed by atoms with Crippen LogP contribution >= 0.6 is 0 Å². The van der Waals surface area contributed by atoms with Crippen molar-refractivity contribution in [3.8, 4) is 11.5 Å². The van der Waals surface area contributed by atoms with E-state index >= 15 is 0 Å². The highest BCUT2D eigenvalue weighted by molar-refractivity contribution is 7.90. The molecule has 0 aliphatic heterocycles. The molecule has 0 aliphatic rings. The zero-order valence-corrected chi connectivity index (χ0v) is 18.5. The lowest BCUT2D eigenvalue weighted by Crippen LogP contribution is -2.14. The summed E-state index contributed by atoms with van der Waals surface area (Å²) in [6.45, 7) is 1.12. The topological polar surface area (TPSA) is 113 Å². The first-order valence-electron chi connectivity index (χ1n) is 9.92. The molecule has 2 aromatic carbocycles. The van der Waals surface area contributed by atoms with Crippen LogP contribution in [0.5, 0.6) is 11.5 Å². The van der Waals surface area contributed by atoms with E-state index in [-0.39, 0.29) is 10.7 Å². The molecular weight excluding hydrogens is 430 g/mol. The van der Waals surface area contributed by atoms with Crippen molar-refractivity contribution >= 4 is 15.7 Å². The second kappa shape index (κ2) is 11.1. The van der Waals surface area contributed by atoms with Gasteiger partial charge in [0.1, 0.15) is 24.7 Å². The molecule has 0 saturated carbocycles. The molecule has 0 amide bonds. The van der Waals surface area contributed by atoms with E-state index in [1.165, 1.54) is 12.1 Å². The molecule has 3 aromatic rings. The summed E-state index contributed by atoms with van der Waals surface area (Å²) in [7, 11) is -3.21. The first kappa shape index (κ1) is 23.1. The molecule has 0 spiro atoms. The van der Waals surface area contributed by atoms with Crippen LogP contribution in [0, 0.1) is 0 Å². The summed E-state index contributed by atoms with van der Waals surface area (Å²) in [5, 5.41) is 3.94. The minimum Gasteiger partial charge on any atom is -0.493 e. The van der Waals surface area contributed by atoms with Crippen molar-refractivity contribution < 1.29 is 22.7 Å². The zero-order valence-electron chi connectivity index (χ0n) is 17.7. The summed E-state index contributed by atoms with van der Waals surface area (Å²) < 4.78 is 34.2. The van der Waals surface area contributed by atoms with Crippen molar-refractivity contribution in [2.75, 3.05) is 19.5 Å². The summed E-state index contributed by atoms with van der Waals surface area (Å²) in [6.07, 6.45) is 5.21. The van der Waals surface area contributed by atoms with Crippen LogP contribution in [-0.2, 0) is 21.3 Å². The van der Waals surface area contributed by atoms with Gasteiger partial charge in [-0.3, -0.25) is 4.98 Å². The lowest BCUT2D eigenvalue weighted by atomic mass is 10.2. The van der Waals surface area contributed by atoms with Gasteiger partial charge in [-0.2, -0.15) is 0 Å². The molecule has 1 heterocycles. The third kappa shape index (κ3) is 7.28. The molecule has 2 N–H and O–H groups in total. The Morgan fingerprint density at radius 2 is 1.81 bits per heavy atom. The summed E-state index contributed by atoms with van der Waals surface area (Å²) in [5.74, 6) is 1.50. The Bertz CT molecular complexity index is 1130. The highest BCUT2D eigenvalue weighted by Crippen LogP contribution is 2.16. The third-order valence-electron chi connectivity index (χ3n) is 4.32. The molecule has 0 radical (unpaired) electrons. The van der Waals surface area contributed by atoms with Crippen molar-refractivity contribution in [1.29, 1.82) is 0 Å². The number of ether oxygens (including phenoxy) is 2. The van der Waals surface area contributed by atoms with E-state index in [4.69, 9.17) is 20.0 Å². The van der Waals surface area contributed by atoms with E-state index in [1.807, 2.05) is 30.3 Å². The van der Waals surface area contributed by atoms with E-state index in [0.717, 1.165) is 11.8 Å². The molecular formula is C23H25N3O5S. The van der Waals surface area contributed by atoms with Crippen LogP contribution in [0.2, 0.25) is 0 Å². The average Bonchev–Trinajstić information content (AvgIpc) is 2.80. The van der Waals surface area contributed by atoms with Gasteiger partial charge in [0.25, 0.3) is 0 Å². The van der Waals surface area contributed by atoms with Crippen LogP contribution in [0.25, 0.3) is 0 Å². The average molecular weight is 456 g/mol. The van der Waals surface area contributed by atoms with Crippen molar-refractivity contribution in [2.45, 2.75) is 17.9 Å². The molecule has 0 aliphatic carbocycles. The Morgan fingerprint density at radius 3 is 2.53 bits per heavy atom. The quantitative estimate of drug-likeness (QED) is 0.204. The van der Waals surface area contributed by atoms with Crippen LogP contribution in [0.3, 0.4) is 0 Å². The molecule has 0 fully saturated rings. The maximum Gasteiger partial charge on any atom is 0.175 e. The number of pyridine rings is 1. The first-order valence-corrected chi connectivity index (χ1v) is 11.8. The van der Waals surface area contributed by atoms with Crippen LogP contribution in [0.15, 0.2) is 83.1 Å². The van der Waals surface area contributed by atoms with Crippen LogP contribution in [0.4, 0.5) is 0 Å². The van der Waals surface area contributed by atoms with Crippen molar-refractivity contribution in [3.63, 3.8) is 0 Å². The van der Waals surface area contributed by atoms with Gasteiger partial charge >= 0.3 is 0 Å². The van der Waals surface area contributed by atoms with Crippen molar-refractivity contribution in [2.24, 2.45) is 10.9 Å². The van der Waals surface area contributed by atoms with Crippen molar-refractivity contribution in [1.82, 2.24) is 4.98 Å². The predicted octanol–water partition coefficient (Wildman–Crippen LogP) is 3.17. The fourth-order valence-corrected chi connectivity index (χ4v) is 3.29. The van der Waals surface area contributed by atoms with Gasteiger partial charge in [0, 0.05) is 36.2 Å². The van der Waals surface area contributed by atoms with Gasteiger partial charge in [-0.1, -0.05) is 23.4 Å². The Balaban J connectivity index is 1.41. The molecule has 3 rings (SSSR count). The Hall–Kier alpha value is -3.59. The number of oxime groups is 1. The smallest absolute Gasteiger partial charge is 0.175 e. The normalized spacial score (nSPS) is 11.7. The summed E-state index contributed by atoms with van der Waals surface area (Å²) in [4.78, 5) is 9.59. The number of sulfone groups is 1. The molecule has 32 heavy (non-hydrogen) atoms. The number of benzene rings is 2. The predicted molar refractivity (Wildman–Crippen MR) is 121 cm³/mol. The molecule has 0 bridgehead atoms. The Labute approximate surface area is 187 Å². The second-order valence-electron chi connectivity index (χ2n) is 6.93. The summed E-state index contributed by atoms with van der Waals surface area (Å²) in [6, 6.07) is 17.4. The molecule has 168 valence electrons. The summed E-state index contributed by atoms with van der Waals surface area (Å²) in [5.41, 5.74) is 7.66. The minimum absolute atomic E-state index is 0.245. The van der Waals surface area contributed by atoms with E-state index in [0.29, 0.717) is 43.3 Å². The maximum atomic E-state index is 11.5. The minimum atomic E-state index is -3.21. The van der Waals surface area contributed by atoms with E-state index in [2.05, 4.69) is 10.1 Å². The van der Waals surface area contributed by atoms with Crippen LogP contribution in [0.1, 0.15) is 17.5 Å². The molecule has 0 unspecified atom stereocenters. The monoisotopic (exact) mass is 455 g/mol. The molecule has 0 atom stereocenters. The number of nitrogens with two attached hydrogens (primary N) is 1. The zero-order chi connectivity index (χ0) is 22.8. The molecule has 1 aromatic heterocycles. The first-order chi connectivity index (χ1) is 15.4. The highest BCUT2D eigenvalue weighted by atomic mass is 32.2.